The molecule has 31 heavy (non-hydrogen) atoms. The molecular formula is C22H24ClN3O5. The van der Waals surface area contributed by atoms with Gasteiger partial charge in [0.05, 0.1) is 31.9 Å². The lowest BCUT2D eigenvalue weighted by molar-refractivity contribution is -0.117. The molecule has 9 heteroatoms. The molecule has 2 aromatic carbocycles. The third-order valence-corrected chi connectivity index (χ3v) is 5.24. The summed E-state index contributed by atoms with van der Waals surface area (Å²) in [5, 5.41) is 3.45. The maximum atomic E-state index is 12.6. The summed E-state index contributed by atoms with van der Waals surface area (Å²) in [6.45, 7) is 3.24. The molecule has 0 spiro atoms. The Bertz CT molecular complexity index is 922. The van der Waals surface area contributed by atoms with Crippen LogP contribution in [0.2, 0.25) is 5.02 Å². The predicted molar refractivity (Wildman–Crippen MR) is 118 cm³/mol. The van der Waals surface area contributed by atoms with Gasteiger partial charge in [0.15, 0.2) is 0 Å². The number of carbonyl (C=O) groups is 3. The molecule has 0 aromatic heterocycles. The lowest BCUT2D eigenvalue weighted by atomic mass is 10.1. The van der Waals surface area contributed by atoms with Crippen LogP contribution in [0.3, 0.4) is 0 Å². The van der Waals surface area contributed by atoms with Gasteiger partial charge in [-0.15, -0.1) is 0 Å². The molecule has 0 radical (unpaired) electrons. The van der Waals surface area contributed by atoms with Gasteiger partial charge in [0, 0.05) is 42.6 Å². The second-order valence-corrected chi connectivity index (χ2v) is 7.51. The number of nitrogens with zero attached hydrogens (tertiary/aromatic N) is 2. The molecule has 2 aromatic rings. The van der Waals surface area contributed by atoms with Crippen molar-refractivity contribution in [3.8, 4) is 0 Å². The predicted octanol–water partition coefficient (Wildman–Crippen LogP) is 2.67. The standard InChI is InChI=1S/C22H24ClN3O5/c1-30-21(28)15-11-16(22(29)31-2)13-18(12-15)24-20(27)14-25-7-9-26(10-8-25)19-5-3-17(23)4-6-19/h3-6,11-13H,7-10,14H2,1-2H3,(H,24,27). The molecule has 1 aliphatic heterocycles. The summed E-state index contributed by atoms with van der Waals surface area (Å²) in [5.74, 6) is -1.46. The zero-order valence-electron chi connectivity index (χ0n) is 17.4. The number of ether oxygens (including phenoxy) is 2. The Balaban J connectivity index is 1.60. The normalized spacial score (nSPS) is 14.1. The minimum atomic E-state index is -0.612. The smallest absolute Gasteiger partial charge is 0.337 e. The fourth-order valence-electron chi connectivity index (χ4n) is 3.39. The van der Waals surface area contributed by atoms with Crippen molar-refractivity contribution in [1.82, 2.24) is 4.90 Å². The van der Waals surface area contributed by atoms with Crippen LogP contribution < -0.4 is 10.2 Å². The highest BCUT2D eigenvalue weighted by atomic mass is 35.5. The molecule has 1 heterocycles. The number of amides is 1. The number of piperazine rings is 1. The van der Waals surface area contributed by atoms with E-state index in [-0.39, 0.29) is 23.6 Å². The largest absolute Gasteiger partial charge is 0.465 e. The summed E-state index contributed by atoms with van der Waals surface area (Å²) < 4.78 is 9.43. The molecule has 8 nitrogen and oxygen atoms in total. The van der Waals surface area contributed by atoms with Crippen molar-refractivity contribution in [3.05, 3.63) is 58.6 Å². The van der Waals surface area contributed by atoms with Crippen LogP contribution in [-0.4, -0.2) is 69.7 Å². The molecule has 1 saturated heterocycles. The van der Waals surface area contributed by atoms with Crippen molar-refractivity contribution in [2.24, 2.45) is 0 Å². The van der Waals surface area contributed by atoms with Crippen molar-refractivity contribution < 1.29 is 23.9 Å². The van der Waals surface area contributed by atoms with Gasteiger partial charge in [-0.25, -0.2) is 9.59 Å². The van der Waals surface area contributed by atoms with Crippen molar-refractivity contribution in [1.29, 1.82) is 0 Å². The first kappa shape index (κ1) is 22.6. The second kappa shape index (κ2) is 10.3. The van der Waals surface area contributed by atoms with E-state index < -0.39 is 11.9 Å². The first-order chi connectivity index (χ1) is 14.9. The molecule has 0 atom stereocenters. The average Bonchev–Trinajstić information content (AvgIpc) is 2.78. The summed E-state index contributed by atoms with van der Waals surface area (Å²) in [5.41, 5.74) is 1.73. The van der Waals surface area contributed by atoms with Gasteiger partial charge in [0.1, 0.15) is 0 Å². The minimum absolute atomic E-state index is 0.150. The maximum absolute atomic E-state index is 12.6. The molecule has 0 aliphatic carbocycles. The summed E-state index contributed by atoms with van der Waals surface area (Å²) in [6, 6.07) is 12.0. The fourth-order valence-corrected chi connectivity index (χ4v) is 3.52. The van der Waals surface area contributed by atoms with Crippen molar-refractivity contribution >= 4 is 40.8 Å². The number of methoxy groups -OCH3 is 2. The van der Waals surface area contributed by atoms with Crippen LogP contribution in [0.25, 0.3) is 0 Å². The third kappa shape index (κ3) is 5.96. The molecule has 164 valence electrons. The van der Waals surface area contributed by atoms with Crippen molar-refractivity contribution in [3.63, 3.8) is 0 Å². The Morgan fingerprint density at radius 1 is 0.903 bits per heavy atom. The van der Waals surface area contributed by atoms with Crippen molar-refractivity contribution in [2.45, 2.75) is 0 Å². The summed E-state index contributed by atoms with van der Waals surface area (Å²) >= 11 is 5.95. The molecule has 3 rings (SSSR count). The lowest BCUT2D eigenvalue weighted by Crippen LogP contribution is -2.48. The number of rotatable bonds is 6. The lowest BCUT2D eigenvalue weighted by Gasteiger charge is -2.35. The van der Waals surface area contributed by atoms with E-state index in [4.69, 9.17) is 21.1 Å². The Kier molecular flexibility index (Phi) is 7.49. The van der Waals surface area contributed by atoms with E-state index >= 15 is 0 Å². The van der Waals surface area contributed by atoms with Crippen LogP contribution in [0.15, 0.2) is 42.5 Å². The van der Waals surface area contributed by atoms with Gasteiger partial charge in [-0.1, -0.05) is 11.6 Å². The van der Waals surface area contributed by atoms with Crippen molar-refractivity contribution in [2.75, 3.05) is 57.2 Å². The number of benzene rings is 2. The van der Waals surface area contributed by atoms with E-state index in [1.807, 2.05) is 29.2 Å². The number of anilines is 2. The van der Waals surface area contributed by atoms with E-state index in [2.05, 4.69) is 10.2 Å². The number of esters is 2. The van der Waals surface area contributed by atoms with Crippen LogP contribution >= 0.6 is 11.6 Å². The van der Waals surface area contributed by atoms with Gasteiger partial charge in [0.25, 0.3) is 0 Å². The van der Waals surface area contributed by atoms with Gasteiger partial charge < -0.3 is 19.7 Å². The van der Waals surface area contributed by atoms with Gasteiger partial charge >= 0.3 is 11.9 Å². The Morgan fingerprint density at radius 3 is 1.97 bits per heavy atom. The third-order valence-electron chi connectivity index (χ3n) is 4.99. The fraction of sp³-hybridized carbons (Fsp3) is 0.318. The van der Waals surface area contributed by atoms with E-state index in [0.717, 1.165) is 31.9 Å². The molecule has 0 unspecified atom stereocenters. The van der Waals surface area contributed by atoms with E-state index in [0.29, 0.717) is 10.7 Å². The van der Waals surface area contributed by atoms with E-state index in [9.17, 15) is 14.4 Å². The molecule has 1 fully saturated rings. The van der Waals surface area contributed by atoms with Gasteiger partial charge in [0.2, 0.25) is 5.91 Å². The average molecular weight is 446 g/mol. The number of hydrogen-bond acceptors (Lipinski definition) is 7. The van der Waals surface area contributed by atoms with E-state index in [1.54, 1.807) is 0 Å². The van der Waals surface area contributed by atoms with Crippen LogP contribution in [0.4, 0.5) is 11.4 Å². The van der Waals surface area contributed by atoms with Crippen LogP contribution in [-0.2, 0) is 14.3 Å². The number of carbonyl (C=O) groups excluding carboxylic acids is 3. The molecule has 0 bridgehead atoms. The number of hydrogen-bond donors (Lipinski definition) is 1. The van der Waals surface area contributed by atoms with Crippen LogP contribution in [0.1, 0.15) is 20.7 Å². The molecule has 1 amide bonds. The summed E-state index contributed by atoms with van der Waals surface area (Å²) in [4.78, 5) is 40.6. The molecule has 1 aliphatic rings. The first-order valence-corrected chi connectivity index (χ1v) is 10.1. The van der Waals surface area contributed by atoms with Crippen LogP contribution in [0.5, 0.6) is 0 Å². The molecule has 0 saturated carbocycles. The Morgan fingerprint density at radius 2 is 1.45 bits per heavy atom. The zero-order chi connectivity index (χ0) is 22.4. The van der Waals surface area contributed by atoms with Gasteiger partial charge in [-0.3, -0.25) is 9.69 Å². The Hall–Kier alpha value is -3.10. The zero-order valence-corrected chi connectivity index (χ0v) is 18.1. The maximum Gasteiger partial charge on any atom is 0.337 e. The number of halogens is 1. The Labute approximate surface area is 185 Å². The monoisotopic (exact) mass is 445 g/mol. The summed E-state index contributed by atoms with van der Waals surface area (Å²) in [7, 11) is 2.49. The van der Waals surface area contributed by atoms with Crippen LogP contribution in [0, 0.1) is 0 Å². The molecule has 1 N–H and O–H groups in total. The first-order valence-electron chi connectivity index (χ1n) is 9.74. The van der Waals surface area contributed by atoms with Gasteiger partial charge in [-0.05, 0) is 42.5 Å². The SMILES string of the molecule is COC(=O)c1cc(NC(=O)CN2CCN(c3ccc(Cl)cc3)CC2)cc(C(=O)OC)c1. The molecular weight excluding hydrogens is 422 g/mol. The topological polar surface area (TPSA) is 88.2 Å². The quantitative estimate of drug-likeness (QED) is 0.684. The second-order valence-electron chi connectivity index (χ2n) is 7.07. The highest BCUT2D eigenvalue weighted by molar-refractivity contribution is 6.30. The van der Waals surface area contributed by atoms with Gasteiger partial charge in [-0.2, -0.15) is 0 Å². The summed E-state index contributed by atoms with van der Waals surface area (Å²) in [6.07, 6.45) is 0. The minimum Gasteiger partial charge on any atom is -0.465 e. The van der Waals surface area contributed by atoms with E-state index in [1.165, 1.54) is 32.4 Å². The highest BCUT2D eigenvalue weighted by Crippen LogP contribution is 2.20. The number of nitrogens with one attached hydrogen (secondary N) is 1. The highest BCUT2D eigenvalue weighted by Gasteiger charge is 2.20.